The number of nitrogens with two attached hydrogens (primary N) is 1. The Morgan fingerprint density at radius 2 is 1.73 bits per heavy atom. The van der Waals surface area contributed by atoms with Crippen LogP contribution in [-0.2, 0) is 20.9 Å². The number of rotatable bonds is 5. The molecule has 0 unspecified atom stereocenters. The molecule has 0 amide bonds. The van der Waals surface area contributed by atoms with E-state index in [0.717, 1.165) is 11.3 Å². The Labute approximate surface area is 124 Å². The average molecular weight is 323 g/mol. The molecule has 124 valence electrons. The third kappa shape index (κ3) is 8.80. The lowest BCUT2D eigenvalue weighted by Gasteiger charge is -2.05. The van der Waals surface area contributed by atoms with Gasteiger partial charge in [-0.3, -0.25) is 4.79 Å². The molecule has 0 aromatic heterocycles. The zero-order chi connectivity index (χ0) is 17.2. The molecule has 22 heavy (non-hydrogen) atoms. The first-order valence-corrected chi connectivity index (χ1v) is 5.99. The fourth-order valence-electron chi connectivity index (χ4n) is 1.08. The molecule has 0 saturated heterocycles. The zero-order valence-corrected chi connectivity index (χ0v) is 11.7. The molecular weight excluding hydrogens is 307 g/mol. The number of halogens is 3. The van der Waals surface area contributed by atoms with E-state index in [-0.39, 0.29) is 12.4 Å². The van der Waals surface area contributed by atoms with Crippen LogP contribution in [0.2, 0.25) is 0 Å². The first-order chi connectivity index (χ1) is 10.2. The van der Waals surface area contributed by atoms with E-state index in [9.17, 15) is 18.0 Å². The van der Waals surface area contributed by atoms with E-state index in [1.807, 2.05) is 24.3 Å². The number of hydrogen-bond donors (Lipinski definition) is 2. The molecule has 9 heteroatoms. The van der Waals surface area contributed by atoms with E-state index < -0.39 is 12.1 Å². The number of methoxy groups -OCH3 is 1. The van der Waals surface area contributed by atoms with Crippen molar-refractivity contribution in [2.24, 2.45) is 5.73 Å². The van der Waals surface area contributed by atoms with Crippen LogP contribution in [0.5, 0.6) is 5.75 Å². The smallest absolute Gasteiger partial charge is 0.490 e. The number of alkyl halides is 3. The van der Waals surface area contributed by atoms with Crippen LogP contribution in [0.25, 0.3) is 0 Å². The van der Waals surface area contributed by atoms with Crippen LogP contribution in [0.4, 0.5) is 13.2 Å². The first-order valence-electron chi connectivity index (χ1n) is 5.99. The number of benzene rings is 1. The van der Waals surface area contributed by atoms with E-state index in [0.29, 0.717) is 13.2 Å². The Morgan fingerprint density at radius 1 is 1.23 bits per heavy atom. The highest BCUT2D eigenvalue weighted by molar-refractivity contribution is 5.73. The Hall–Kier alpha value is -2.29. The predicted molar refractivity (Wildman–Crippen MR) is 70.2 cm³/mol. The summed E-state index contributed by atoms with van der Waals surface area (Å²) in [7, 11) is 1.36. The van der Waals surface area contributed by atoms with E-state index in [2.05, 4.69) is 4.74 Å². The van der Waals surface area contributed by atoms with Crippen molar-refractivity contribution < 1.29 is 37.3 Å². The standard InChI is InChI=1S/C11H15NO3.C2HF3O2/c1-14-11(13)6-7-15-10-4-2-9(8-12)3-5-10;3-2(4,5)1(6)7/h2-5H,6-8,12H2,1H3;(H,6,7). The van der Waals surface area contributed by atoms with Crippen LogP contribution in [0.1, 0.15) is 12.0 Å². The monoisotopic (exact) mass is 323 g/mol. The molecule has 0 heterocycles. The van der Waals surface area contributed by atoms with Crippen molar-refractivity contribution in [1.82, 2.24) is 0 Å². The molecule has 0 aliphatic rings. The van der Waals surface area contributed by atoms with Crippen molar-refractivity contribution in [3.05, 3.63) is 29.8 Å². The lowest BCUT2D eigenvalue weighted by molar-refractivity contribution is -0.192. The lowest BCUT2D eigenvalue weighted by atomic mass is 10.2. The third-order valence-electron chi connectivity index (χ3n) is 2.20. The summed E-state index contributed by atoms with van der Waals surface area (Å²) in [6.45, 7) is 0.844. The summed E-state index contributed by atoms with van der Waals surface area (Å²) in [5, 5.41) is 7.12. The maximum absolute atomic E-state index is 10.8. The van der Waals surface area contributed by atoms with Gasteiger partial charge in [0.1, 0.15) is 5.75 Å². The van der Waals surface area contributed by atoms with Gasteiger partial charge in [0.05, 0.1) is 20.1 Å². The number of hydrogen-bond acceptors (Lipinski definition) is 5. The van der Waals surface area contributed by atoms with Gasteiger partial charge in [-0.1, -0.05) is 12.1 Å². The molecule has 0 atom stereocenters. The lowest BCUT2D eigenvalue weighted by Crippen LogP contribution is -2.21. The molecule has 0 bridgehead atoms. The zero-order valence-electron chi connectivity index (χ0n) is 11.7. The number of carbonyl (C=O) groups is 2. The molecule has 0 radical (unpaired) electrons. The third-order valence-corrected chi connectivity index (χ3v) is 2.20. The van der Waals surface area contributed by atoms with Crippen LogP contribution < -0.4 is 10.5 Å². The van der Waals surface area contributed by atoms with Gasteiger partial charge in [0.2, 0.25) is 0 Å². The largest absolute Gasteiger partial charge is 0.493 e. The topological polar surface area (TPSA) is 98.9 Å². The number of aliphatic carboxylic acids is 1. The van der Waals surface area contributed by atoms with Gasteiger partial charge in [0.15, 0.2) is 0 Å². The maximum atomic E-state index is 10.8. The Morgan fingerprint density at radius 3 is 2.09 bits per heavy atom. The second kappa shape index (κ2) is 9.61. The van der Waals surface area contributed by atoms with Gasteiger partial charge >= 0.3 is 18.1 Å². The van der Waals surface area contributed by atoms with Crippen molar-refractivity contribution in [1.29, 1.82) is 0 Å². The molecule has 1 rings (SSSR count). The van der Waals surface area contributed by atoms with Gasteiger partial charge in [-0.2, -0.15) is 13.2 Å². The molecule has 6 nitrogen and oxygen atoms in total. The quantitative estimate of drug-likeness (QED) is 0.801. The van der Waals surface area contributed by atoms with Crippen molar-refractivity contribution in [3.63, 3.8) is 0 Å². The molecule has 1 aromatic carbocycles. The van der Waals surface area contributed by atoms with Crippen molar-refractivity contribution in [2.45, 2.75) is 19.1 Å². The van der Waals surface area contributed by atoms with Crippen LogP contribution in [0.15, 0.2) is 24.3 Å². The van der Waals surface area contributed by atoms with E-state index >= 15 is 0 Å². The van der Waals surface area contributed by atoms with Crippen LogP contribution in [0.3, 0.4) is 0 Å². The molecule has 0 fully saturated rings. The number of carbonyl (C=O) groups excluding carboxylic acids is 1. The van der Waals surface area contributed by atoms with Gasteiger partial charge in [0.25, 0.3) is 0 Å². The fourth-order valence-corrected chi connectivity index (χ4v) is 1.08. The number of esters is 1. The van der Waals surface area contributed by atoms with Crippen LogP contribution in [-0.4, -0.2) is 36.9 Å². The maximum Gasteiger partial charge on any atom is 0.490 e. The van der Waals surface area contributed by atoms with Crippen molar-refractivity contribution in [2.75, 3.05) is 13.7 Å². The molecular formula is C13H16F3NO5. The van der Waals surface area contributed by atoms with Crippen molar-refractivity contribution >= 4 is 11.9 Å². The minimum atomic E-state index is -5.08. The van der Waals surface area contributed by atoms with Gasteiger partial charge in [-0.05, 0) is 17.7 Å². The SMILES string of the molecule is COC(=O)CCOc1ccc(CN)cc1.O=C(O)C(F)(F)F. The second-order valence-corrected chi connectivity index (χ2v) is 3.83. The summed E-state index contributed by atoms with van der Waals surface area (Å²) in [6, 6.07) is 7.46. The van der Waals surface area contributed by atoms with Gasteiger partial charge in [0, 0.05) is 6.54 Å². The van der Waals surface area contributed by atoms with Crippen molar-refractivity contribution in [3.8, 4) is 5.75 Å². The van der Waals surface area contributed by atoms with E-state index in [1.165, 1.54) is 7.11 Å². The highest BCUT2D eigenvalue weighted by atomic mass is 19.4. The number of carboxylic acids is 1. The average Bonchev–Trinajstić information content (AvgIpc) is 2.47. The summed E-state index contributed by atoms with van der Waals surface area (Å²) in [4.78, 5) is 19.7. The highest BCUT2D eigenvalue weighted by Gasteiger charge is 2.38. The summed E-state index contributed by atoms with van der Waals surface area (Å²) in [5.41, 5.74) is 6.51. The minimum Gasteiger partial charge on any atom is -0.493 e. The predicted octanol–water partition coefficient (Wildman–Crippen LogP) is 1.72. The van der Waals surface area contributed by atoms with Crippen LogP contribution >= 0.6 is 0 Å². The number of ether oxygens (including phenoxy) is 2. The number of carboxylic acid groups (broad SMARTS) is 1. The summed E-state index contributed by atoms with van der Waals surface area (Å²) in [6.07, 6.45) is -4.82. The highest BCUT2D eigenvalue weighted by Crippen LogP contribution is 2.13. The fraction of sp³-hybridized carbons (Fsp3) is 0.385. The van der Waals surface area contributed by atoms with Crippen LogP contribution in [0, 0.1) is 0 Å². The Bertz CT molecular complexity index is 474. The molecule has 1 aromatic rings. The molecule has 0 spiro atoms. The molecule has 0 saturated carbocycles. The molecule has 3 N–H and O–H groups in total. The van der Waals surface area contributed by atoms with E-state index in [4.69, 9.17) is 20.4 Å². The van der Waals surface area contributed by atoms with E-state index in [1.54, 1.807) is 0 Å². The van der Waals surface area contributed by atoms with Gasteiger partial charge < -0.3 is 20.3 Å². The van der Waals surface area contributed by atoms with Gasteiger partial charge in [-0.15, -0.1) is 0 Å². The summed E-state index contributed by atoms with van der Waals surface area (Å²) >= 11 is 0. The summed E-state index contributed by atoms with van der Waals surface area (Å²) in [5.74, 6) is -2.29. The molecule has 0 aliphatic heterocycles. The summed E-state index contributed by atoms with van der Waals surface area (Å²) < 4.78 is 41.6. The van der Waals surface area contributed by atoms with Gasteiger partial charge in [-0.25, -0.2) is 4.79 Å². The normalized spacial score (nSPS) is 10.2. The molecule has 0 aliphatic carbocycles. The first kappa shape index (κ1) is 19.7. The minimum absolute atomic E-state index is 0.259. The Balaban J connectivity index is 0.000000534. The Kier molecular flexibility index (Phi) is 8.61. The second-order valence-electron chi connectivity index (χ2n) is 3.83.